The second-order valence-corrected chi connectivity index (χ2v) is 4.43. The third-order valence-corrected chi connectivity index (χ3v) is 2.64. The number of rotatable bonds is 5. The number of halogens is 3. The molecule has 0 bridgehead atoms. The van der Waals surface area contributed by atoms with Gasteiger partial charge >= 0.3 is 6.08 Å². The van der Waals surface area contributed by atoms with Crippen molar-refractivity contribution in [2.45, 2.75) is 12.8 Å². The molecule has 1 aromatic heterocycles. The Morgan fingerprint density at radius 2 is 2.11 bits per heavy atom. The lowest BCUT2D eigenvalue weighted by molar-refractivity contribution is -0.119. The average Bonchev–Trinajstić information content (AvgIpc) is 2.86. The minimum absolute atomic E-state index is 0.0645. The molecule has 0 atom stereocenters. The number of carbonyl (C=O) groups excluding carboxylic acids is 1. The number of amides is 1. The Morgan fingerprint density at radius 3 is 2.68 bits per heavy atom. The van der Waals surface area contributed by atoms with Gasteiger partial charge in [-0.25, -0.2) is 9.37 Å². The fourth-order valence-electron chi connectivity index (χ4n) is 0.934. The molecule has 0 saturated heterocycles. The quantitative estimate of drug-likeness (QED) is 0.575. The predicted octanol–water partition coefficient (Wildman–Crippen LogP) is 2.32. The van der Waals surface area contributed by atoms with Gasteiger partial charge < -0.3 is 5.32 Å². The van der Waals surface area contributed by atoms with E-state index < -0.39 is 30.7 Å². The number of nitrogens with zero attached hydrogens (tertiary/aromatic N) is 1. The smallest absolute Gasteiger partial charge is 0.301 e. The number of anilines is 1. The molecule has 0 fully saturated rings. The highest BCUT2D eigenvalue weighted by molar-refractivity contribution is 7.80. The molecule has 104 valence electrons. The number of hydrogen-bond donors (Lipinski definition) is 3. The fourth-order valence-corrected chi connectivity index (χ4v) is 1.58. The minimum atomic E-state index is -2.42. The molecule has 0 unspecified atom stereocenters. The van der Waals surface area contributed by atoms with Crippen molar-refractivity contribution in [2.24, 2.45) is 0 Å². The number of allylic oxidation sites excluding steroid dienone is 1. The SMILES string of the molecule is O=C(CCC(F)=C(F)F)NC(=S)NNc1nccs1. The first-order valence-electron chi connectivity index (χ1n) is 4.94. The molecule has 1 amide bonds. The summed E-state index contributed by atoms with van der Waals surface area (Å²) in [5.74, 6) is -2.27. The van der Waals surface area contributed by atoms with Crippen LogP contribution in [0.15, 0.2) is 23.5 Å². The lowest BCUT2D eigenvalue weighted by Gasteiger charge is -2.09. The number of hydrogen-bond acceptors (Lipinski definition) is 5. The third kappa shape index (κ3) is 6.15. The number of nitrogens with one attached hydrogen (secondary N) is 3. The van der Waals surface area contributed by atoms with Gasteiger partial charge in [0.2, 0.25) is 11.0 Å². The number of aromatic nitrogens is 1. The maximum Gasteiger partial charge on any atom is 0.301 e. The Bertz CT molecular complexity index is 474. The Kier molecular flexibility index (Phi) is 6.22. The molecule has 1 heterocycles. The largest absolute Gasteiger partial charge is 0.302 e. The molecule has 3 N–H and O–H groups in total. The average molecular weight is 310 g/mol. The standard InChI is InChI=1S/C9H9F3N4OS2/c10-5(7(11)12)1-2-6(17)14-8(18)15-16-9-13-3-4-19-9/h3-4H,1-2H2,(H,13,16)(H2,14,15,17,18). The molecule has 1 aromatic rings. The van der Waals surface area contributed by atoms with Crippen LogP contribution in [-0.2, 0) is 4.79 Å². The molecular weight excluding hydrogens is 301 g/mol. The van der Waals surface area contributed by atoms with Crippen LogP contribution in [0.2, 0.25) is 0 Å². The van der Waals surface area contributed by atoms with Crippen LogP contribution in [0.25, 0.3) is 0 Å². The van der Waals surface area contributed by atoms with Gasteiger partial charge in [0.1, 0.15) is 0 Å². The topological polar surface area (TPSA) is 66.1 Å². The molecule has 5 nitrogen and oxygen atoms in total. The van der Waals surface area contributed by atoms with Crippen molar-refractivity contribution in [1.82, 2.24) is 15.7 Å². The summed E-state index contributed by atoms with van der Waals surface area (Å²) >= 11 is 6.06. The van der Waals surface area contributed by atoms with Gasteiger partial charge in [0.25, 0.3) is 0 Å². The zero-order chi connectivity index (χ0) is 14.3. The van der Waals surface area contributed by atoms with E-state index in [4.69, 9.17) is 12.2 Å². The first-order valence-corrected chi connectivity index (χ1v) is 6.23. The van der Waals surface area contributed by atoms with Crippen molar-refractivity contribution in [3.05, 3.63) is 23.5 Å². The Hall–Kier alpha value is -1.68. The molecule has 0 aliphatic heterocycles. The van der Waals surface area contributed by atoms with E-state index in [9.17, 15) is 18.0 Å². The summed E-state index contributed by atoms with van der Waals surface area (Å²) in [6.07, 6.45) is -1.95. The zero-order valence-corrected chi connectivity index (χ0v) is 11.0. The summed E-state index contributed by atoms with van der Waals surface area (Å²) in [5.41, 5.74) is 5.08. The zero-order valence-electron chi connectivity index (χ0n) is 9.37. The first kappa shape index (κ1) is 15.4. The van der Waals surface area contributed by atoms with E-state index in [0.717, 1.165) is 0 Å². The van der Waals surface area contributed by atoms with Gasteiger partial charge in [0.15, 0.2) is 10.9 Å². The summed E-state index contributed by atoms with van der Waals surface area (Å²) in [5, 5.41) is 4.39. The highest BCUT2D eigenvalue weighted by Crippen LogP contribution is 2.14. The Balaban J connectivity index is 2.24. The van der Waals surface area contributed by atoms with Gasteiger partial charge in [-0.2, -0.15) is 8.78 Å². The molecule has 0 radical (unpaired) electrons. The first-order chi connectivity index (χ1) is 8.99. The summed E-state index contributed by atoms with van der Waals surface area (Å²) in [7, 11) is 0. The van der Waals surface area contributed by atoms with Crippen molar-refractivity contribution in [1.29, 1.82) is 0 Å². The molecule has 10 heteroatoms. The van der Waals surface area contributed by atoms with Crippen molar-refractivity contribution in [3.63, 3.8) is 0 Å². The Labute approximate surface area is 115 Å². The summed E-state index contributed by atoms with van der Waals surface area (Å²) in [6, 6.07) is 0. The molecule has 0 aliphatic carbocycles. The summed E-state index contributed by atoms with van der Waals surface area (Å²) in [4.78, 5) is 15.1. The Morgan fingerprint density at radius 1 is 1.37 bits per heavy atom. The number of hydrazine groups is 1. The molecular formula is C9H9F3N4OS2. The maximum atomic E-state index is 12.4. The predicted molar refractivity (Wildman–Crippen MR) is 69.2 cm³/mol. The number of thiocarbonyl (C=S) groups is 1. The fraction of sp³-hybridized carbons (Fsp3) is 0.222. The highest BCUT2D eigenvalue weighted by Gasteiger charge is 2.10. The molecule has 0 saturated carbocycles. The van der Waals surface area contributed by atoms with Crippen molar-refractivity contribution in [2.75, 3.05) is 5.43 Å². The van der Waals surface area contributed by atoms with Gasteiger partial charge in [0, 0.05) is 24.4 Å². The van der Waals surface area contributed by atoms with Gasteiger partial charge in [0.05, 0.1) is 0 Å². The highest BCUT2D eigenvalue weighted by atomic mass is 32.1. The van der Waals surface area contributed by atoms with Crippen molar-refractivity contribution in [3.8, 4) is 0 Å². The molecule has 1 rings (SSSR count). The second-order valence-electron chi connectivity index (χ2n) is 3.13. The van der Waals surface area contributed by atoms with E-state index >= 15 is 0 Å². The number of carbonyl (C=O) groups is 1. The summed E-state index contributed by atoms with van der Waals surface area (Å²) < 4.78 is 35.9. The molecule has 0 aromatic carbocycles. The van der Waals surface area contributed by atoms with Crippen LogP contribution >= 0.6 is 23.6 Å². The van der Waals surface area contributed by atoms with Crippen LogP contribution in [0.4, 0.5) is 18.3 Å². The summed E-state index contributed by atoms with van der Waals surface area (Å²) in [6.45, 7) is 0. The maximum absolute atomic E-state index is 12.4. The van der Waals surface area contributed by atoms with Gasteiger partial charge in [-0.05, 0) is 12.2 Å². The van der Waals surface area contributed by atoms with E-state index in [-0.39, 0.29) is 5.11 Å². The third-order valence-electron chi connectivity index (χ3n) is 1.74. The van der Waals surface area contributed by atoms with Crippen molar-refractivity contribution < 1.29 is 18.0 Å². The van der Waals surface area contributed by atoms with Crippen LogP contribution < -0.4 is 16.2 Å². The van der Waals surface area contributed by atoms with E-state index in [1.807, 2.05) is 0 Å². The van der Waals surface area contributed by atoms with Gasteiger partial charge in [-0.1, -0.05) is 0 Å². The van der Waals surface area contributed by atoms with E-state index in [2.05, 4.69) is 21.2 Å². The van der Waals surface area contributed by atoms with Crippen LogP contribution in [-0.4, -0.2) is 16.0 Å². The van der Waals surface area contributed by atoms with E-state index in [0.29, 0.717) is 5.13 Å². The van der Waals surface area contributed by atoms with Crippen LogP contribution in [0, 0.1) is 0 Å². The van der Waals surface area contributed by atoms with Crippen molar-refractivity contribution >= 4 is 39.7 Å². The second kappa shape index (κ2) is 7.69. The van der Waals surface area contributed by atoms with Crippen LogP contribution in [0.1, 0.15) is 12.8 Å². The van der Waals surface area contributed by atoms with Crippen LogP contribution in [0.3, 0.4) is 0 Å². The lowest BCUT2D eigenvalue weighted by atomic mass is 10.3. The monoisotopic (exact) mass is 310 g/mol. The minimum Gasteiger partial charge on any atom is -0.302 e. The van der Waals surface area contributed by atoms with E-state index in [1.165, 1.54) is 11.3 Å². The molecule has 0 aliphatic rings. The van der Waals surface area contributed by atoms with Crippen LogP contribution in [0.5, 0.6) is 0 Å². The molecule has 0 spiro atoms. The van der Waals surface area contributed by atoms with Gasteiger partial charge in [-0.3, -0.25) is 15.6 Å². The lowest BCUT2D eigenvalue weighted by Crippen LogP contribution is -2.41. The number of thiazole rings is 1. The van der Waals surface area contributed by atoms with E-state index in [1.54, 1.807) is 11.6 Å². The molecule has 19 heavy (non-hydrogen) atoms. The van der Waals surface area contributed by atoms with Gasteiger partial charge in [-0.15, -0.1) is 11.3 Å². The normalized spacial score (nSPS) is 9.63.